The predicted octanol–water partition coefficient (Wildman–Crippen LogP) is 3.75. The first-order chi connectivity index (χ1) is 13.9. The molecular weight excluding hydrogens is 384 g/mol. The lowest BCUT2D eigenvalue weighted by Gasteiger charge is -2.33. The molecule has 1 aliphatic rings. The molecule has 1 fully saturated rings. The van der Waals surface area contributed by atoms with E-state index >= 15 is 0 Å². The minimum absolute atomic E-state index is 0.0937. The summed E-state index contributed by atoms with van der Waals surface area (Å²) in [5.74, 6) is 0.314. The molecule has 1 amide bonds. The molecule has 1 atom stereocenters. The van der Waals surface area contributed by atoms with Crippen molar-refractivity contribution in [3.63, 3.8) is 0 Å². The van der Waals surface area contributed by atoms with Crippen LogP contribution in [0.3, 0.4) is 0 Å². The van der Waals surface area contributed by atoms with E-state index in [1.165, 1.54) is 4.31 Å². The van der Waals surface area contributed by atoms with Gasteiger partial charge in [0.25, 0.3) is 0 Å². The van der Waals surface area contributed by atoms with Gasteiger partial charge in [-0.05, 0) is 41.7 Å². The van der Waals surface area contributed by atoms with Crippen molar-refractivity contribution >= 4 is 22.0 Å². The van der Waals surface area contributed by atoms with Gasteiger partial charge in [0.1, 0.15) is 0 Å². The van der Waals surface area contributed by atoms with E-state index in [4.69, 9.17) is 0 Å². The zero-order chi connectivity index (χ0) is 20.9. The molecule has 0 aromatic heterocycles. The maximum absolute atomic E-state index is 12.9. The Morgan fingerprint density at radius 3 is 2.21 bits per heavy atom. The average molecular weight is 413 g/mol. The van der Waals surface area contributed by atoms with Crippen LogP contribution in [-0.2, 0) is 14.8 Å². The molecule has 0 spiro atoms. The summed E-state index contributed by atoms with van der Waals surface area (Å²) in [6, 6.07) is 16.8. The molecule has 6 heteroatoms. The number of rotatable bonds is 6. The van der Waals surface area contributed by atoms with Crippen LogP contribution in [0.1, 0.15) is 37.3 Å². The number of hydrogen-bond acceptors (Lipinski definition) is 3. The van der Waals surface area contributed by atoms with Crippen LogP contribution in [0, 0.1) is 0 Å². The summed E-state index contributed by atoms with van der Waals surface area (Å²) in [5.41, 5.74) is 2.11. The molecule has 29 heavy (non-hydrogen) atoms. The Bertz CT molecular complexity index is 945. The van der Waals surface area contributed by atoms with E-state index in [2.05, 4.69) is 13.8 Å². The third-order valence-corrected chi connectivity index (χ3v) is 7.38. The van der Waals surface area contributed by atoms with E-state index in [9.17, 15) is 13.2 Å². The lowest BCUT2D eigenvalue weighted by atomic mass is 9.99. The Hall–Kier alpha value is -2.44. The number of carbonyl (C=O) groups excluding carboxylic acids is 1. The molecule has 0 bridgehead atoms. The molecule has 0 N–H and O–H groups in total. The van der Waals surface area contributed by atoms with Gasteiger partial charge >= 0.3 is 0 Å². The topological polar surface area (TPSA) is 57.7 Å². The Kier molecular flexibility index (Phi) is 6.87. The molecule has 1 saturated heterocycles. The van der Waals surface area contributed by atoms with Crippen molar-refractivity contribution in [2.75, 3.05) is 26.2 Å². The molecular formula is C23H28N2O3S. The molecule has 1 heterocycles. The fourth-order valence-electron chi connectivity index (χ4n) is 3.34. The highest BCUT2D eigenvalue weighted by atomic mass is 32.2. The van der Waals surface area contributed by atoms with Crippen LogP contribution in [0.5, 0.6) is 0 Å². The molecule has 3 rings (SSSR count). The highest BCUT2D eigenvalue weighted by molar-refractivity contribution is 7.89. The first kappa shape index (κ1) is 21.3. The summed E-state index contributed by atoms with van der Waals surface area (Å²) < 4.78 is 27.3. The maximum atomic E-state index is 12.9. The Labute approximate surface area is 173 Å². The number of nitrogens with zero attached hydrogens (tertiary/aromatic N) is 2. The minimum Gasteiger partial charge on any atom is -0.337 e. The van der Waals surface area contributed by atoms with Gasteiger partial charge in [-0.15, -0.1) is 0 Å². The van der Waals surface area contributed by atoms with Crippen LogP contribution < -0.4 is 0 Å². The van der Waals surface area contributed by atoms with Crippen LogP contribution >= 0.6 is 0 Å². The highest BCUT2D eigenvalue weighted by Gasteiger charge is 2.29. The van der Waals surface area contributed by atoms with Crippen LogP contribution in [0.2, 0.25) is 0 Å². The summed E-state index contributed by atoms with van der Waals surface area (Å²) in [6.45, 7) is 5.64. The molecule has 0 aliphatic carbocycles. The second-order valence-corrected chi connectivity index (χ2v) is 9.29. The fraction of sp³-hybridized carbons (Fsp3) is 0.348. The van der Waals surface area contributed by atoms with Gasteiger partial charge in [-0.2, -0.15) is 4.31 Å². The SMILES string of the molecule is CC[C@@H](C)c1ccc(S(=O)(=O)N2CCN(C(=O)/C=C/c3ccccc3)CC2)cc1. The second kappa shape index (κ2) is 9.37. The molecule has 0 radical (unpaired) electrons. The van der Waals surface area contributed by atoms with Gasteiger partial charge in [-0.3, -0.25) is 4.79 Å². The largest absolute Gasteiger partial charge is 0.337 e. The monoisotopic (exact) mass is 412 g/mol. The van der Waals surface area contributed by atoms with Gasteiger partial charge in [-0.1, -0.05) is 56.3 Å². The average Bonchev–Trinajstić information content (AvgIpc) is 2.77. The quantitative estimate of drug-likeness (QED) is 0.679. The molecule has 2 aromatic carbocycles. The standard InChI is InChI=1S/C23H28N2O3S/c1-3-19(2)21-10-12-22(13-11-21)29(27,28)25-17-15-24(16-18-25)23(26)14-9-20-7-5-4-6-8-20/h4-14,19H,3,15-18H2,1-2H3/b14-9+/t19-/m1/s1. The van der Waals surface area contributed by atoms with Crippen molar-refractivity contribution in [2.45, 2.75) is 31.1 Å². The van der Waals surface area contributed by atoms with Gasteiger partial charge < -0.3 is 4.90 Å². The van der Waals surface area contributed by atoms with Crippen LogP contribution in [0.25, 0.3) is 6.08 Å². The maximum Gasteiger partial charge on any atom is 0.246 e. The van der Waals surface area contributed by atoms with Crippen molar-refractivity contribution in [2.24, 2.45) is 0 Å². The highest BCUT2D eigenvalue weighted by Crippen LogP contribution is 2.23. The fourth-order valence-corrected chi connectivity index (χ4v) is 4.76. The Morgan fingerprint density at radius 1 is 1.00 bits per heavy atom. The summed E-state index contributed by atoms with van der Waals surface area (Å²) in [4.78, 5) is 14.4. The molecule has 5 nitrogen and oxygen atoms in total. The summed E-state index contributed by atoms with van der Waals surface area (Å²) >= 11 is 0. The smallest absolute Gasteiger partial charge is 0.246 e. The van der Waals surface area contributed by atoms with Crippen LogP contribution in [0.15, 0.2) is 65.6 Å². The normalized spacial score (nSPS) is 16.8. The van der Waals surface area contributed by atoms with E-state index < -0.39 is 10.0 Å². The van der Waals surface area contributed by atoms with E-state index in [-0.39, 0.29) is 5.91 Å². The van der Waals surface area contributed by atoms with E-state index in [0.29, 0.717) is 37.0 Å². The predicted molar refractivity (Wildman–Crippen MR) is 116 cm³/mol. The molecule has 0 unspecified atom stereocenters. The summed E-state index contributed by atoms with van der Waals surface area (Å²) in [6.07, 6.45) is 4.35. The molecule has 0 saturated carbocycles. The van der Waals surface area contributed by atoms with Crippen molar-refractivity contribution in [3.05, 3.63) is 71.8 Å². The van der Waals surface area contributed by atoms with E-state index in [1.807, 2.05) is 42.5 Å². The number of carbonyl (C=O) groups is 1. The number of hydrogen-bond donors (Lipinski definition) is 0. The third kappa shape index (κ3) is 5.14. The first-order valence-electron chi connectivity index (χ1n) is 10.0. The second-order valence-electron chi connectivity index (χ2n) is 7.35. The van der Waals surface area contributed by atoms with Crippen molar-refractivity contribution in [1.29, 1.82) is 0 Å². The summed E-state index contributed by atoms with van der Waals surface area (Å²) in [7, 11) is -3.54. The first-order valence-corrected chi connectivity index (χ1v) is 11.5. The number of benzene rings is 2. The summed E-state index contributed by atoms with van der Waals surface area (Å²) in [5, 5.41) is 0. The number of amides is 1. The Morgan fingerprint density at radius 2 is 1.62 bits per heavy atom. The minimum atomic E-state index is -3.54. The lowest BCUT2D eigenvalue weighted by molar-refractivity contribution is -0.127. The van der Waals surface area contributed by atoms with Gasteiger partial charge in [-0.25, -0.2) is 8.42 Å². The molecule has 154 valence electrons. The van der Waals surface area contributed by atoms with Crippen LogP contribution in [0.4, 0.5) is 0 Å². The zero-order valence-corrected chi connectivity index (χ0v) is 17.8. The number of piperazine rings is 1. The molecule has 1 aliphatic heterocycles. The third-order valence-electron chi connectivity index (χ3n) is 5.47. The van der Waals surface area contributed by atoms with Gasteiger partial charge in [0.15, 0.2) is 0 Å². The van der Waals surface area contributed by atoms with Crippen LogP contribution in [-0.4, -0.2) is 49.7 Å². The zero-order valence-electron chi connectivity index (χ0n) is 17.0. The number of sulfonamides is 1. The van der Waals surface area contributed by atoms with E-state index in [1.54, 1.807) is 29.2 Å². The molecule has 2 aromatic rings. The van der Waals surface area contributed by atoms with Gasteiger partial charge in [0.05, 0.1) is 4.90 Å². The Balaban J connectivity index is 1.60. The lowest BCUT2D eigenvalue weighted by Crippen LogP contribution is -2.50. The van der Waals surface area contributed by atoms with Gasteiger partial charge in [0.2, 0.25) is 15.9 Å². The van der Waals surface area contributed by atoms with Crippen molar-refractivity contribution in [3.8, 4) is 0 Å². The van der Waals surface area contributed by atoms with Crippen molar-refractivity contribution < 1.29 is 13.2 Å². The van der Waals surface area contributed by atoms with E-state index in [0.717, 1.165) is 17.5 Å². The van der Waals surface area contributed by atoms with Crippen molar-refractivity contribution in [1.82, 2.24) is 9.21 Å². The van der Waals surface area contributed by atoms with Gasteiger partial charge in [0, 0.05) is 32.3 Å².